The Labute approximate surface area is 181 Å². The molecule has 1 aliphatic rings. The van der Waals surface area contributed by atoms with Gasteiger partial charge in [0, 0.05) is 38.5 Å². The Kier molecular flexibility index (Phi) is 9.04. The van der Waals surface area contributed by atoms with Gasteiger partial charge in [0.1, 0.15) is 0 Å². The van der Waals surface area contributed by atoms with E-state index in [1.165, 1.54) is 16.8 Å². The van der Waals surface area contributed by atoms with Crippen molar-refractivity contribution >= 4 is 11.6 Å². The Morgan fingerprint density at radius 3 is 2.40 bits per heavy atom. The number of benzene rings is 2. The standard InChI is InChI=1S/C25H36N4O/c1-2-26-25(27-16-6-9-21-7-4-3-5-8-21)28-19-22-10-12-24(13-11-22)29-17-14-23(20-30)15-18-29/h3-5,7-8,10-13,23,30H,2,6,9,14-20H2,1H3,(H2,26,27,28). The second kappa shape index (κ2) is 12.2. The Hall–Kier alpha value is -2.53. The molecule has 1 fully saturated rings. The lowest BCUT2D eigenvalue weighted by Gasteiger charge is -2.32. The molecule has 5 nitrogen and oxygen atoms in total. The van der Waals surface area contributed by atoms with Crippen LogP contribution in [0.25, 0.3) is 0 Å². The smallest absolute Gasteiger partial charge is 0.191 e. The van der Waals surface area contributed by atoms with Crippen LogP contribution in [0.4, 0.5) is 5.69 Å². The summed E-state index contributed by atoms with van der Waals surface area (Å²) in [4.78, 5) is 7.16. The van der Waals surface area contributed by atoms with Gasteiger partial charge < -0.3 is 20.6 Å². The van der Waals surface area contributed by atoms with Gasteiger partial charge in [-0.1, -0.05) is 42.5 Å². The van der Waals surface area contributed by atoms with Gasteiger partial charge in [0.15, 0.2) is 5.96 Å². The van der Waals surface area contributed by atoms with Crippen LogP contribution >= 0.6 is 0 Å². The third-order valence-electron chi connectivity index (χ3n) is 5.72. The fourth-order valence-corrected chi connectivity index (χ4v) is 3.84. The van der Waals surface area contributed by atoms with Crippen molar-refractivity contribution in [2.24, 2.45) is 10.9 Å². The molecular weight excluding hydrogens is 372 g/mol. The summed E-state index contributed by atoms with van der Waals surface area (Å²) in [6.07, 6.45) is 4.30. The van der Waals surface area contributed by atoms with E-state index in [1.54, 1.807) is 0 Å². The number of rotatable bonds is 9. The molecule has 0 unspecified atom stereocenters. The van der Waals surface area contributed by atoms with E-state index in [9.17, 15) is 5.11 Å². The maximum absolute atomic E-state index is 9.31. The van der Waals surface area contributed by atoms with Crippen LogP contribution in [0, 0.1) is 5.92 Å². The molecule has 3 rings (SSSR count). The minimum Gasteiger partial charge on any atom is -0.396 e. The molecule has 0 bridgehead atoms. The Morgan fingerprint density at radius 1 is 1.00 bits per heavy atom. The van der Waals surface area contributed by atoms with Crippen LogP contribution in [-0.4, -0.2) is 43.9 Å². The van der Waals surface area contributed by atoms with Crippen LogP contribution in [0.5, 0.6) is 0 Å². The summed E-state index contributed by atoms with van der Waals surface area (Å²) < 4.78 is 0. The molecule has 1 heterocycles. The highest BCUT2D eigenvalue weighted by Crippen LogP contribution is 2.23. The van der Waals surface area contributed by atoms with Crippen molar-refractivity contribution in [3.63, 3.8) is 0 Å². The van der Waals surface area contributed by atoms with E-state index in [1.807, 2.05) is 0 Å². The highest BCUT2D eigenvalue weighted by Gasteiger charge is 2.18. The molecule has 0 aliphatic carbocycles. The van der Waals surface area contributed by atoms with E-state index in [-0.39, 0.29) is 0 Å². The largest absolute Gasteiger partial charge is 0.396 e. The van der Waals surface area contributed by atoms with Gasteiger partial charge in [0.2, 0.25) is 0 Å². The minimum atomic E-state index is 0.319. The lowest BCUT2D eigenvalue weighted by atomic mass is 9.97. The van der Waals surface area contributed by atoms with Crippen LogP contribution in [-0.2, 0) is 13.0 Å². The molecule has 162 valence electrons. The van der Waals surface area contributed by atoms with Crippen molar-refractivity contribution in [3.05, 3.63) is 65.7 Å². The molecule has 2 aromatic carbocycles. The zero-order chi connectivity index (χ0) is 21.0. The summed E-state index contributed by atoms with van der Waals surface area (Å²) in [6.45, 7) is 6.90. The average molecular weight is 409 g/mol. The number of aliphatic hydroxyl groups excluding tert-OH is 1. The SMILES string of the molecule is CCNC(=NCc1ccc(N2CCC(CO)CC2)cc1)NCCCc1ccccc1. The van der Waals surface area contributed by atoms with Crippen molar-refractivity contribution in [2.75, 3.05) is 37.7 Å². The van der Waals surface area contributed by atoms with Crippen molar-refractivity contribution in [1.29, 1.82) is 0 Å². The van der Waals surface area contributed by atoms with Gasteiger partial charge in [0.25, 0.3) is 0 Å². The molecule has 0 atom stereocenters. The quantitative estimate of drug-likeness (QED) is 0.337. The molecule has 5 heteroatoms. The van der Waals surface area contributed by atoms with Crippen LogP contribution < -0.4 is 15.5 Å². The zero-order valence-electron chi connectivity index (χ0n) is 18.2. The topological polar surface area (TPSA) is 59.9 Å². The lowest BCUT2D eigenvalue weighted by molar-refractivity contribution is 0.203. The van der Waals surface area contributed by atoms with E-state index in [0.29, 0.717) is 19.1 Å². The number of aryl methyl sites for hydroxylation is 1. The Bertz CT molecular complexity index is 752. The first-order valence-corrected chi connectivity index (χ1v) is 11.3. The normalized spacial score (nSPS) is 15.3. The first kappa shape index (κ1) is 22.2. The van der Waals surface area contributed by atoms with E-state index >= 15 is 0 Å². The zero-order valence-corrected chi connectivity index (χ0v) is 18.2. The highest BCUT2D eigenvalue weighted by molar-refractivity contribution is 5.79. The second-order valence-electron chi connectivity index (χ2n) is 7.99. The fraction of sp³-hybridized carbons (Fsp3) is 0.480. The van der Waals surface area contributed by atoms with Gasteiger partial charge in [-0.3, -0.25) is 0 Å². The predicted octanol–water partition coefficient (Wildman–Crippen LogP) is 3.58. The molecule has 2 aromatic rings. The van der Waals surface area contributed by atoms with Gasteiger partial charge in [-0.05, 0) is 61.8 Å². The minimum absolute atomic E-state index is 0.319. The van der Waals surface area contributed by atoms with Gasteiger partial charge >= 0.3 is 0 Å². The number of guanidine groups is 1. The number of aliphatic hydroxyl groups is 1. The van der Waals surface area contributed by atoms with Gasteiger partial charge in [-0.25, -0.2) is 4.99 Å². The predicted molar refractivity (Wildman–Crippen MR) is 126 cm³/mol. The van der Waals surface area contributed by atoms with E-state index in [0.717, 1.165) is 57.8 Å². The summed E-state index contributed by atoms with van der Waals surface area (Å²) in [5.41, 5.74) is 3.86. The van der Waals surface area contributed by atoms with Gasteiger partial charge in [0.05, 0.1) is 6.54 Å². The molecule has 30 heavy (non-hydrogen) atoms. The van der Waals surface area contributed by atoms with Gasteiger partial charge in [-0.2, -0.15) is 0 Å². The lowest BCUT2D eigenvalue weighted by Crippen LogP contribution is -2.37. The second-order valence-corrected chi connectivity index (χ2v) is 7.99. The summed E-state index contributed by atoms with van der Waals surface area (Å²) in [6, 6.07) is 19.4. The molecule has 3 N–H and O–H groups in total. The number of anilines is 1. The summed E-state index contributed by atoms with van der Waals surface area (Å²) in [7, 11) is 0. The molecular formula is C25H36N4O. The number of piperidine rings is 1. The maximum atomic E-state index is 9.31. The summed E-state index contributed by atoms with van der Waals surface area (Å²) in [5, 5.41) is 16.1. The van der Waals surface area contributed by atoms with Crippen LogP contribution in [0.15, 0.2) is 59.6 Å². The van der Waals surface area contributed by atoms with E-state index in [2.05, 4.69) is 77.1 Å². The van der Waals surface area contributed by atoms with Crippen molar-refractivity contribution in [3.8, 4) is 0 Å². The van der Waals surface area contributed by atoms with Crippen molar-refractivity contribution < 1.29 is 5.11 Å². The van der Waals surface area contributed by atoms with Crippen LogP contribution in [0.2, 0.25) is 0 Å². The van der Waals surface area contributed by atoms with Crippen LogP contribution in [0.3, 0.4) is 0 Å². The number of nitrogens with one attached hydrogen (secondary N) is 2. The average Bonchev–Trinajstić information content (AvgIpc) is 2.81. The number of hydrogen-bond acceptors (Lipinski definition) is 3. The first-order valence-electron chi connectivity index (χ1n) is 11.3. The number of nitrogens with zero attached hydrogens (tertiary/aromatic N) is 2. The Morgan fingerprint density at radius 2 is 1.73 bits per heavy atom. The molecule has 1 saturated heterocycles. The number of aliphatic imine (C=N–C) groups is 1. The third kappa shape index (κ3) is 7.06. The summed E-state index contributed by atoms with van der Waals surface area (Å²) in [5.74, 6) is 1.35. The molecule has 0 aromatic heterocycles. The van der Waals surface area contributed by atoms with Gasteiger partial charge in [-0.15, -0.1) is 0 Å². The van der Waals surface area contributed by atoms with E-state index < -0.39 is 0 Å². The van der Waals surface area contributed by atoms with E-state index in [4.69, 9.17) is 4.99 Å². The summed E-state index contributed by atoms with van der Waals surface area (Å²) >= 11 is 0. The highest BCUT2D eigenvalue weighted by atomic mass is 16.3. The molecule has 0 saturated carbocycles. The van der Waals surface area contributed by atoms with Crippen molar-refractivity contribution in [2.45, 2.75) is 39.2 Å². The molecule has 1 aliphatic heterocycles. The fourth-order valence-electron chi connectivity index (χ4n) is 3.84. The molecule has 0 amide bonds. The number of hydrogen-bond donors (Lipinski definition) is 3. The third-order valence-corrected chi connectivity index (χ3v) is 5.72. The molecule has 0 radical (unpaired) electrons. The van der Waals surface area contributed by atoms with Crippen LogP contribution in [0.1, 0.15) is 37.3 Å². The van der Waals surface area contributed by atoms with Crippen molar-refractivity contribution in [1.82, 2.24) is 10.6 Å². The Balaban J connectivity index is 1.45. The maximum Gasteiger partial charge on any atom is 0.191 e. The first-order chi connectivity index (χ1) is 14.8. The molecule has 0 spiro atoms. The monoisotopic (exact) mass is 408 g/mol.